The van der Waals surface area contributed by atoms with Crippen molar-refractivity contribution < 1.29 is 13.2 Å². The van der Waals surface area contributed by atoms with Crippen LogP contribution in [0.5, 0.6) is 0 Å². The number of fused-ring (bicyclic) bond motifs is 1. The Labute approximate surface area is 120 Å². The molecule has 1 heterocycles. The molecule has 0 spiro atoms. The minimum absolute atomic E-state index is 0.0513. The van der Waals surface area contributed by atoms with Gasteiger partial charge in [-0.15, -0.1) is 0 Å². The minimum atomic E-state index is -3.22. The summed E-state index contributed by atoms with van der Waals surface area (Å²) in [5.74, 6) is 0.209. The molecule has 112 valence electrons. The van der Waals surface area contributed by atoms with E-state index < -0.39 is 10.0 Å². The van der Waals surface area contributed by atoms with Crippen molar-refractivity contribution in [3.8, 4) is 0 Å². The molecule has 0 bridgehead atoms. The van der Waals surface area contributed by atoms with Crippen molar-refractivity contribution in [3.63, 3.8) is 0 Å². The third kappa shape index (κ3) is 2.96. The predicted molar refractivity (Wildman–Crippen MR) is 78.3 cm³/mol. The van der Waals surface area contributed by atoms with Gasteiger partial charge in [0.1, 0.15) is 0 Å². The summed E-state index contributed by atoms with van der Waals surface area (Å²) >= 11 is 0. The largest absolute Gasteiger partial charge is 0.350 e. The highest BCUT2D eigenvalue weighted by Crippen LogP contribution is 2.35. The average Bonchev–Trinajstić information content (AvgIpc) is 2.68. The van der Waals surface area contributed by atoms with Gasteiger partial charge in [-0.2, -0.15) is 0 Å². The number of aryl methyl sites for hydroxylation is 1. The third-order valence-electron chi connectivity index (χ3n) is 3.81. The fourth-order valence-corrected chi connectivity index (χ4v) is 3.40. The molecular weight excluding hydrogens is 276 g/mol. The fraction of sp³-hybridized carbons (Fsp3) is 0.643. The van der Waals surface area contributed by atoms with Crippen molar-refractivity contribution in [2.75, 3.05) is 19.8 Å². The average molecular weight is 298 g/mol. The van der Waals surface area contributed by atoms with Crippen molar-refractivity contribution in [1.29, 1.82) is 0 Å². The van der Waals surface area contributed by atoms with E-state index in [1.807, 2.05) is 16.8 Å². The molecule has 0 fully saturated rings. The molecule has 0 unspecified atom stereocenters. The maximum absolute atomic E-state index is 12.1. The van der Waals surface area contributed by atoms with E-state index in [1.54, 1.807) is 0 Å². The van der Waals surface area contributed by atoms with Crippen LogP contribution in [-0.2, 0) is 23.0 Å². The summed E-state index contributed by atoms with van der Waals surface area (Å²) in [4.78, 5) is 12.1. The van der Waals surface area contributed by atoms with Gasteiger partial charge in [0.05, 0.1) is 5.75 Å². The van der Waals surface area contributed by atoms with Gasteiger partial charge in [-0.3, -0.25) is 4.79 Å². The van der Waals surface area contributed by atoms with Crippen molar-refractivity contribution in [3.05, 3.63) is 23.5 Å². The quantitative estimate of drug-likeness (QED) is 0.847. The van der Waals surface area contributed by atoms with Crippen LogP contribution in [0.3, 0.4) is 0 Å². The summed E-state index contributed by atoms with van der Waals surface area (Å²) < 4.78 is 26.8. The van der Waals surface area contributed by atoms with Crippen LogP contribution in [0.4, 0.5) is 0 Å². The molecule has 1 aromatic heterocycles. The number of Topliss-reactive ketones (excluding diaryl/α,β-unsaturated/α-hetero) is 1. The first-order chi connectivity index (χ1) is 9.12. The first-order valence-corrected chi connectivity index (χ1v) is 8.35. The lowest BCUT2D eigenvalue weighted by atomic mass is 9.76. The lowest BCUT2D eigenvalue weighted by Crippen LogP contribution is -2.30. The SMILES string of the molecule is CN(C)S(=O)(=O)CCn1ccc2c1CC(C)(C)CC2=O. The van der Waals surface area contributed by atoms with E-state index in [4.69, 9.17) is 0 Å². The number of nitrogens with zero attached hydrogens (tertiary/aromatic N) is 2. The molecule has 0 saturated carbocycles. The molecule has 2 rings (SSSR count). The summed E-state index contributed by atoms with van der Waals surface area (Å²) in [6.07, 6.45) is 3.19. The zero-order valence-electron chi connectivity index (χ0n) is 12.5. The first-order valence-electron chi connectivity index (χ1n) is 6.74. The number of carbonyl (C=O) groups excluding carboxylic acids is 1. The van der Waals surface area contributed by atoms with Crippen molar-refractivity contribution in [2.45, 2.75) is 33.2 Å². The van der Waals surface area contributed by atoms with Gasteiger partial charge in [-0.1, -0.05) is 13.8 Å². The van der Waals surface area contributed by atoms with Crippen molar-refractivity contribution >= 4 is 15.8 Å². The second-order valence-electron chi connectivity index (χ2n) is 6.41. The summed E-state index contributed by atoms with van der Waals surface area (Å²) in [7, 11) is -0.146. The highest BCUT2D eigenvalue weighted by atomic mass is 32.2. The van der Waals surface area contributed by atoms with Gasteiger partial charge in [-0.25, -0.2) is 12.7 Å². The second-order valence-corrected chi connectivity index (χ2v) is 8.71. The molecular formula is C14H22N2O3S. The third-order valence-corrected chi connectivity index (χ3v) is 5.62. The Kier molecular flexibility index (Phi) is 3.81. The summed E-state index contributed by atoms with van der Waals surface area (Å²) in [6.45, 7) is 4.53. The second kappa shape index (κ2) is 5.00. The molecule has 0 atom stereocenters. The van der Waals surface area contributed by atoms with Crippen LogP contribution in [0.25, 0.3) is 0 Å². The van der Waals surface area contributed by atoms with Gasteiger partial charge in [-0.05, 0) is 17.9 Å². The minimum Gasteiger partial charge on any atom is -0.350 e. The number of aromatic nitrogens is 1. The van der Waals surface area contributed by atoms with E-state index in [9.17, 15) is 13.2 Å². The van der Waals surface area contributed by atoms with Crippen LogP contribution < -0.4 is 0 Å². The lowest BCUT2D eigenvalue weighted by Gasteiger charge is -2.29. The van der Waals surface area contributed by atoms with Gasteiger partial charge in [0.2, 0.25) is 10.0 Å². The molecule has 0 N–H and O–H groups in total. The van der Waals surface area contributed by atoms with E-state index in [2.05, 4.69) is 13.8 Å². The van der Waals surface area contributed by atoms with Crippen LogP contribution in [0.15, 0.2) is 12.3 Å². The standard InChI is InChI=1S/C14H22N2O3S/c1-14(2)9-12-11(13(17)10-14)5-6-16(12)7-8-20(18,19)15(3)4/h5-6H,7-10H2,1-4H3. The maximum Gasteiger partial charge on any atom is 0.215 e. The van der Waals surface area contributed by atoms with Crippen molar-refractivity contribution in [2.24, 2.45) is 5.41 Å². The van der Waals surface area contributed by atoms with Crippen LogP contribution >= 0.6 is 0 Å². The molecule has 20 heavy (non-hydrogen) atoms. The number of hydrogen-bond donors (Lipinski definition) is 0. The van der Waals surface area contributed by atoms with E-state index in [1.165, 1.54) is 18.4 Å². The summed E-state index contributed by atoms with van der Waals surface area (Å²) in [5, 5.41) is 0. The molecule has 1 aliphatic carbocycles. The summed E-state index contributed by atoms with van der Waals surface area (Å²) in [6, 6.07) is 1.81. The molecule has 0 aliphatic heterocycles. The monoisotopic (exact) mass is 298 g/mol. The van der Waals surface area contributed by atoms with Crippen LogP contribution in [0, 0.1) is 5.41 Å². The fourth-order valence-electron chi connectivity index (χ4n) is 2.61. The normalized spacial score (nSPS) is 18.4. The van der Waals surface area contributed by atoms with Crippen molar-refractivity contribution in [1.82, 2.24) is 8.87 Å². The molecule has 6 heteroatoms. The molecule has 5 nitrogen and oxygen atoms in total. The Morgan fingerprint density at radius 3 is 2.55 bits per heavy atom. The molecule has 1 aromatic rings. The number of hydrogen-bond acceptors (Lipinski definition) is 3. The molecule has 0 aromatic carbocycles. The zero-order valence-corrected chi connectivity index (χ0v) is 13.3. The van der Waals surface area contributed by atoms with E-state index in [0.29, 0.717) is 13.0 Å². The predicted octanol–water partition coefficient (Wildman–Crippen LogP) is 1.53. The number of carbonyl (C=O) groups is 1. The Morgan fingerprint density at radius 1 is 1.30 bits per heavy atom. The number of rotatable bonds is 4. The highest BCUT2D eigenvalue weighted by molar-refractivity contribution is 7.89. The summed E-state index contributed by atoms with van der Waals surface area (Å²) in [5.41, 5.74) is 1.67. The van der Waals surface area contributed by atoms with Gasteiger partial charge >= 0.3 is 0 Å². The van der Waals surface area contributed by atoms with Crippen LogP contribution in [-0.4, -0.2) is 42.9 Å². The zero-order chi connectivity index (χ0) is 15.1. The number of sulfonamides is 1. The Balaban J connectivity index is 2.23. The highest BCUT2D eigenvalue weighted by Gasteiger charge is 2.33. The topological polar surface area (TPSA) is 59.4 Å². The smallest absolute Gasteiger partial charge is 0.215 e. The Morgan fingerprint density at radius 2 is 1.95 bits per heavy atom. The Bertz CT molecular complexity index is 627. The van der Waals surface area contributed by atoms with E-state index in [0.717, 1.165) is 17.7 Å². The lowest BCUT2D eigenvalue weighted by molar-refractivity contribution is 0.0910. The molecule has 0 radical (unpaired) electrons. The maximum atomic E-state index is 12.1. The van der Waals surface area contributed by atoms with E-state index >= 15 is 0 Å². The molecule has 0 amide bonds. The van der Waals surface area contributed by atoms with Crippen LogP contribution in [0.2, 0.25) is 0 Å². The Hall–Kier alpha value is -1.14. The van der Waals surface area contributed by atoms with Gasteiger partial charge < -0.3 is 4.57 Å². The molecule has 1 aliphatic rings. The van der Waals surface area contributed by atoms with Gasteiger partial charge in [0, 0.05) is 44.5 Å². The molecule has 0 saturated heterocycles. The van der Waals surface area contributed by atoms with Crippen LogP contribution in [0.1, 0.15) is 36.3 Å². The van der Waals surface area contributed by atoms with Gasteiger partial charge in [0.25, 0.3) is 0 Å². The number of ketones is 1. The van der Waals surface area contributed by atoms with E-state index in [-0.39, 0.29) is 17.0 Å². The first kappa shape index (κ1) is 15.3. The van der Waals surface area contributed by atoms with Gasteiger partial charge in [0.15, 0.2) is 5.78 Å².